The minimum atomic E-state index is 0.391. The Balaban J connectivity index is 0.00000100. The van der Waals surface area contributed by atoms with E-state index in [0.29, 0.717) is 5.92 Å². The standard InChI is InChI=1S/C21H21Cl.C2H6/c1-4-5-19-14(2)6-7-17-10-13-20(15(3)21(17)19)16-8-11-18(22)12-9-16;1-2/h4-8,11-13,16H,3,9-10H2,1-2H3;1-2H3/b5-4-;. The zero-order valence-corrected chi connectivity index (χ0v) is 16.0. The molecule has 1 heteroatoms. The number of allylic oxidation sites excluding steroid dienone is 8. The molecular weight excluding hydrogens is 312 g/mol. The van der Waals surface area contributed by atoms with Crippen molar-refractivity contribution in [3.8, 4) is 0 Å². The number of aryl methyl sites for hydroxylation is 1. The van der Waals surface area contributed by atoms with Crippen LogP contribution in [0.25, 0.3) is 11.6 Å². The van der Waals surface area contributed by atoms with Crippen LogP contribution in [0.15, 0.2) is 59.7 Å². The van der Waals surface area contributed by atoms with Crippen molar-refractivity contribution in [1.29, 1.82) is 0 Å². The van der Waals surface area contributed by atoms with E-state index in [1.807, 2.05) is 19.9 Å². The summed E-state index contributed by atoms with van der Waals surface area (Å²) in [7, 11) is 0. The maximum atomic E-state index is 6.05. The second kappa shape index (κ2) is 8.35. The van der Waals surface area contributed by atoms with Gasteiger partial charge in [0.15, 0.2) is 0 Å². The average Bonchev–Trinajstić information content (AvgIpc) is 2.60. The van der Waals surface area contributed by atoms with Gasteiger partial charge in [0, 0.05) is 11.0 Å². The molecule has 0 fully saturated rings. The molecule has 0 N–H and O–H groups in total. The first-order valence-corrected chi connectivity index (χ1v) is 9.18. The summed E-state index contributed by atoms with van der Waals surface area (Å²) >= 11 is 6.05. The molecule has 0 aromatic heterocycles. The number of halogens is 1. The van der Waals surface area contributed by atoms with Crippen molar-refractivity contribution >= 4 is 23.3 Å². The molecule has 0 saturated heterocycles. The lowest BCUT2D eigenvalue weighted by atomic mass is 9.77. The van der Waals surface area contributed by atoms with Crippen LogP contribution in [0, 0.1) is 12.8 Å². The van der Waals surface area contributed by atoms with Crippen LogP contribution in [-0.4, -0.2) is 0 Å². The van der Waals surface area contributed by atoms with E-state index in [1.54, 1.807) is 0 Å². The third kappa shape index (κ3) is 3.65. The van der Waals surface area contributed by atoms with Gasteiger partial charge in [-0.2, -0.15) is 0 Å². The van der Waals surface area contributed by atoms with Gasteiger partial charge in [-0.25, -0.2) is 0 Å². The Kier molecular flexibility index (Phi) is 6.45. The van der Waals surface area contributed by atoms with Gasteiger partial charge in [-0.1, -0.05) is 74.5 Å². The Morgan fingerprint density at radius 3 is 2.58 bits per heavy atom. The minimum Gasteiger partial charge on any atom is -0.0908 e. The van der Waals surface area contributed by atoms with Crippen LogP contribution in [0.2, 0.25) is 0 Å². The van der Waals surface area contributed by atoms with Crippen molar-refractivity contribution in [3.63, 3.8) is 0 Å². The van der Waals surface area contributed by atoms with Gasteiger partial charge in [-0.15, -0.1) is 0 Å². The molecule has 2 aliphatic carbocycles. The fourth-order valence-corrected chi connectivity index (χ4v) is 3.53. The molecule has 0 heterocycles. The minimum absolute atomic E-state index is 0.391. The molecule has 0 spiro atoms. The van der Waals surface area contributed by atoms with E-state index in [-0.39, 0.29) is 0 Å². The van der Waals surface area contributed by atoms with Gasteiger partial charge < -0.3 is 0 Å². The van der Waals surface area contributed by atoms with E-state index in [9.17, 15) is 0 Å². The smallest absolute Gasteiger partial charge is 0.0363 e. The van der Waals surface area contributed by atoms with Crippen LogP contribution in [0.1, 0.15) is 49.4 Å². The lowest BCUT2D eigenvalue weighted by molar-refractivity contribution is 0.781. The normalized spacial score (nSPS) is 19.4. The lowest BCUT2D eigenvalue weighted by Gasteiger charge is -2.27. The monoisotopic (exact) mass is 338 g/mol. The average molecular weight is 339 g/mol. The summed E-state index contributed by atoms with van der Waals surface area (Å²) in [6.45, 7) is 12.7. The fourth-order valence-electron chi connectivity index (χ4n) is 3.36. The molecule has 126 valence electrons. The SMILES string of the molecule is C=C1C(C2C=CC(Cl)=CC2)=CCc2ccc(C)c(/C=C\C)c21.CC. The molecule has 1 aromatic carbocycles. The molecular formula is C23H27Cl. The number of hydrogen-bond donors (Lipinski definition) is 0. The molecule has 0 amide bonds. The van der Waals surface area contributed by atoms with Gasteiger partial charge >= 0.3 is 0 Å². The third-order valence-electron chi connectivity index (χ3n) is 4.53. The van der Waals surface area contributed by atoms with Gasteiger partial charge in [0.25, 0.3) is 0 Å². The molecule has 24 heavy (non-hydrogen) atoms. The van der Waals surface area contributed by atoms with Gasteiger partial charge in [-0.3, -0.25) is 0 Å². The van der Waals surface area contributed by atoms with E-state index >= 15 is 0 Å². The summed E-state index contributed by atoms with van der Waals surface area (Å²) in [5, 5.41) is 0.837. The first-order valence-electron chi connectivity index (χ1n) is 8.80. The van der Waals surface area contributed by atoms with Crippen molar-refractivity contribution in [2.45, 2.75) is 40.5 Å². The molecule has 0 aliphatic heterocycles. The topological polar surface area (TPSA) is 0 Å². The van der Waals surface area contributed by atoms with E-state index in [0.717, 1.165) is 17.9 Å². The number of rotatable bonds is 2. The molecule has 1 unspecified atom stereocenters. The van der Waals surface area contributed by atoms with Gasteiger partial charge in [0.1, 0.15) is 0 Å². The maximum absolute atomic E-state index is 6.05. The van der Waals surface area contributed by atoms with Gasteiger partial charge in [-0.05, 0) is 66.2 Å². The molecule has 1 atom stereocenters. The Morgan fingerprint density at radius 2 is 1.96 bits per heavy atom. The van der Waals surface area contributed by atoms with Gasteiger partial charge in [0.2, 0.25) is 0 Å². The summed E-state index contributed by atoms with van der Waals surface area (Å²) in [5.74, 6) is 0.391. The molecule has 2 aliphatic rings. The van der Waals surface area contributed by atoms with Crippen LogP contribution < -0.4 is 0 Å². The van der Waals surface area contributed by atoms with Crippen molar-refractivity contribution in [2.24, 2.45) is 5.92 Å². The molecule has 3 rings (SSSR count). The van der Waals surface area contributed by atoms with E-state index in [2.05, 4.69) is 62.9 Å². The predicted molar refractivity (Wildman–Crippen MR) is 109 cm³/mol. The Morgan fingerprint density at radius 1 is 1.21 bits per heavy atom. The molecule has 0 bridgehead atoms. The summed E-state index contributed by atoms with van der Waals surface area (Å²) in [4.78, 5) is 0. The summed E-state index contributed by atoms with van der Waals surface area (Å²) < 4.78 is 0. The summed E-state index contributed by atoms with van der Waals surface area (Å²) in [5.41, 5.74) is 7.83. The first kappa shape index (κ1) is 18.5. The van der Waals surface area contributed by atoms with E-state index in [4.69, 9.17) is 11.6 Å². The highest BCUT2D eigenvalue weighted by atomic mass is 35.5. The van der Waals surface area contributed by atoms with Crippen LogP contribution in [-0.2, 0) is 6.42 Å². The molecule has 0 saturated carbocycles. The van der Waals surface area contributed by atoms with Crippen LogP contribution in [0.4, 0.5) is 0 Å². The molecule has 0 radical (unpaired) electrons. The Bertz CT molecular complexity index is 742. The quantitative estimate of drug-likeness (QED) is 0.532. The summed E-state index contributed by atoms with van der Waals surface area (Å²) in [6, 6.07) is 4.45. The predicted octanol–water partition coefficient (Wildman–Crippen LogP) is 7.25. The van der Waals surface area contributed by atoms with Crippen LogP contribution in [0.3, 0.4) is 0 Å². The van der Waals surface area contributed by atoms with Gasteiger partial charge in [0.05, 0.1) is 0 Å². The van der Waals surface area contributed by atoms with E-state index < -0.39 is 0 Å². The number of hydrogen-bond acceptors (Lipinski definition) is 0. The zero-order valence-electron chi connectivity index (χ0n) is 15.2. The largest absolute Gasteiger partial charge is 0.0908 e. The lowest BCUT2D eigenvalue weighted by Crippen LogP contribution is -2.11. The highest BCUT2D eigenvalue weighted by Gasteiger charge is 2.23. The Labute approximate surface area is 151 Å². The van der Waals surface area contributed by atoms with Crippen molar-refractivity contribution in [3.05, 3.63) is 82.0 Å². The Hall–Kier alpha value is -1.79. The van der Waals surface area contributed by atoms with Crippen LogP contribution in [0.5, 0.6) is 0 Å². The second-order valence-corrected chi connectivity index (χ2v) is 6.40. The molecule has 0 nitrogen and oxygen atoms in total. The number of benzene rings is 1. The highest BCUT2D eigenvalue weighted by Crippen LogP contribution is 2.40. The van der Waals surface area contributed by atoms with Crippen molar-refractivity contribution in [2.75, 3.05) is 0 Å². The highest BCUT2D eigenvalue weighted by molar-refractivity contribution is 6.31. The zero-order chi connectivity index (χ0) is 17.7. The van der Waals surface area contributed by atoms with Crippen molar-refractivity contribution in [1.82, 2.24) is 0 Å². The van der Waals surface area contributed by atoms with Crippen molar-refractivity contribution < 1.29 is 0 Å². The first-order chi connectivity index (χ1) is 11.6. The second-order valence-electron chi connectivity index (χ2n) is 5.96. The van der Waals surface area contributed by atoms with Crippen LogP contribution >= 0.6 is 11.6 Å². The fraction of sp³-hybridized carbons (Fsp3) is 0.304. The number of fused-ring (bicyclic) bond motifs is 1. The summed E-state index contributed by atoms with van der Waals surface area (Å²) in [6.07, 6.45) is 14.9. The third-order valence-corrected chi connectivity index (χ3v) is 4.81. The maximum Gasteiger partial charge on any atom is 0.0363 e. The van der Waals surface area contributed by atoms with E-state index in [1.165, 1.54) is 33.4 Å². The molecule has 1 aromatic rings.